The number of hydrogen-bond acceptors (Lipinski definition) is 4. The molecule has 2 amide bonds. The van der Waals surface area contributed by atoms with Crippen LogP contribution in [0.5, 0.6) is 11.5 Å². The minimum absolute atomic E-state index is 0.350. The van der Waals surface area contributed by atoms with Gasteiger partial charge in [-0.05, 0) is 30.3 Å². The van der Waals surface area contributed by atoms with E-state index < -0.39 is 0 Å². The van der Waals surface area contributed by atoms with E-state index in [4.69, 9.17) is 32.7 Å². The summed E-state index contributed by atoms with van der Waals surface area (Å²) >= 11 is 14.0. The molecule has 0 saturated carbocycles. The standard InChI is InChI=1S/C16H16Cl2N2O3S/c1-19-16(21)20-9-6-11(17)15(12(18)7-9)24-14-8-10(22-2)4-5-13(14)23-3/h4-8H,1-3H3,(H2,19,20,21). The van der Waals surface area contributed by atoms with Gasteiger partial charge < -0.3 is 20.1 Å². The average molecular weight is 387 g/mol. The van der Waals surface area contributed by atoms with Crippen molar-refractivity contribution in [3.8, 4) is 11.5 Å². The molecular weight excluding hydrogens is 371 g/mol. The number of ether oxygens (including phenoxy) is 2. The van der Waals surface area contributed by atoms with Crippen LogP contribution in [0.3, 0.4) is 0 Å². The Bertz CT molecular complexity index is 733. The maximum absolute atomic E-state index is 11.4. The van der Waals surface area contributed by atoms with Crippen LogP contribution in [0.1, 0.15) is 0 Å². The molecule has 0 aromatic heterocycles. The predicted molar refractivity (Wildman–Crippen MR) is 98.2 cm³/mol. The van der Waals surface area contributed by atoms with Crippen LogP contribution in [-0.4, -0.2) is 27.3 Å². The first-order valence-electron chi connectivity index (χ1n) is 6.86. The number of benzene rings is 2. The normalized spacial score (nSPS) is 10.2. The molecule has 24 heavy (non-hydrogen) atoms. The van der Waals surface area contributed by atoms with Gasteiger partial charge in [0, 0.05) is 17.6 Å². The number of amides is 2. The summed E-state index contributed by atoms with van der Waals surface area (Å²) in [5, 5.41) is 5.94. The van der Waals surface area contributed by atoms with Gasteiger partial charge in [0.15, 0.2) is 0 Å². The highest BCUT2D eigenvalue weighted by Crippen LogP contribution is 2.44. The predicted octanol–water partition coefficient (Wildman–Crippen LogP) is 4.91. The van der Waals surface area contributed by atoms with E-state index in [1.165, 1.54) is 18.8 Å². The van der Waals surface area contributed by atoms with Gasteiger partial charge in [0.2, 0.25) is 0 Å². The molecule has 0 spiro atoms. The Kier molecular flexibility index (Phi) is 6.48. The molecule has 0 bridgehead atoms. The summed E-state index contributed by atoms with van der Waals surface area (Å²) in [7, 11) is 4.71. The average Bonchev–Trinajstić information content (AvgIpc) is 2.57. The third-order valence-electron chi connectivity index (χ3n) is 3.07. The number of carbonyl (C=O) groups is 1. The van der Waals surface area contributed by atoms with Crippen molar-refractivity contribution < 1.29 is 14.3 Å². The van der Waals surface area contributed by atoms with Gasteiger partial charge in [-0.15, -0.1) is 0 Å². The van der Waals surface area contributed by atoms with E-state index in [2.05, 4.69) is 10.6 Å². The number of hydrogen-bond donors (Lipinski definition) is 2. The molecule has 8 heteroatoms. The van der Waals surface area contributed by atoms with Gasteiger partial charge in [-0.3, -0.25) is 0 Å². The summed E-state index contributed by atoms with van der Waals surface area (Å²) < 4.78 is 10.6. The van der Waals surface area contributed by atoms with E-state index in [1.807, 2.05) is 18.2 Å². The zero-order valence-corrected chi connectivity index (χ0v) is 15.6. The first-order chi connectivity index (χ1) is 11.5. The molecule has 2 rings (SSSR count). The van der Waals surface area contributed by atoms with Crippen LogP contribution in [-0.2, 0) is 0 Å². The molecule has 0 unspecified atom stereocenters. The molecule has 2 N–H and O–H groups in total. The van der Waals surface area contributed by atoms with Crippen molar-refractivity contribution in [3.05, 3.63) is 40.4 Å². The first-order valence-corrected chi connectivity index (χ1v) is 8.43. The Labute approximate surface area is 154 Å². The van der Waals surface area contributed by atoms with Crippen LogP contribution in [0.25, 0.3) is 0 Å². The van der Waals surface area contributed by atoms with E-state index in [1.54, 1.807) is 26.4 Å². The van der Waals surface area contributed by atoms with Crippen molar-refractivity contribution in [2.24, 2.45) is 0 Å². The largest absolute Gasteiger partial charge is 0.497 e. The monoisotopic (exact) mass is 386 g/mol. The number of urea groups is 1. The van der Waals surface area contributed by atoms with Crippen LogP contribution >= 0.6 is 35.0 Å². The van der Waals surface area contributed by atoms with Crippen molar-refractivity contribution in [3.63, 3.8) is 0 Å². The Hall–Kier alpha value is -1.76. The summed E-state index contributed by atoms with van der Waals surface area (Å²) in [4.78, 5) is 12.9. The summed E-state index contributed by atoms with van der Waals surface area (Å²) in [5.74, 6) is 1.38. The van der Waals surface area contributed by atoms with Gasteiger partial charge >= 0.3 is 6.03 Å². The number of halogens is 2. The molecule has 128 valence electrons. The molecule has 0 fully saturated rings. The van der Waals surface area contributed by atoms with Gasteiger partial charge in [-0.2, -0.15) is 0 Å². The molecular formula is C16H16Cl2N2O3S. The van der Waals surface area contributed by atoms with E-state index in [0.29, 0.717) is 32.1 Å². The quantitative estimate of drug-likeness (QED) is 0.765. The van der Waals surface area contributed by atoms with E-state index in [0.717, 1.165) is 4.90 Å². The first kappa shape index (κ1) is 18.6. The molecule has 0 saturated heterocycles. The molecule has 0 aliphatic carbocycles. The fourth-order valence-corrected chi connectivity index (χ4v) is 3.58. The maximum atomic E-state index is 11.4. The van der Waals surface area contributed by atoms with E-state index >= 15 is 0 Å². The molecule has 5 nitrogen and oxygen atoms in total. The van der Waals surface area contributed by atoms with Crippen LogP contribution in [0, 0.1) is 0 Å². The molecule has 0 heterocycles. The lowest BCUT2D eigenvalue weighted by molar-refractivity contribution is 0.254. The Balaban J connectivity index is 2.35. The van der Waals surface area contributed by atoms with Crippen molar-refractivity contribution >= 4 is 46.7 Å². The lowest BCUT2D eigenvalue weighted by Crippen LogP contribution is -2.24. The Morgan fingerprint density at radius 1 is 1.08 bits per heavy atom. The highest BCUT2D eigenvalue weighted by molar-refractivity contribution is 7.99. The van der Waals surface area contributed by atoms with Gasteiger partial charge in [-0.1, -0.05) is 35.0 Å². The summed E-state index contributed by atoms with van der Waals surface area (Å²) in [6, 6.07) is 8.38. The second-order valence-corrected chi connectivity index (χ2v) is 6.46. The van der Waals surface area contributed by atoms with Gasteiger partial charge in [0.25, 0.3) is 0 Å². The number of nitrogens with one attached hydrogen (secondary N) is 2. The van der Waals surface area contributed by atoms with Crippen molar-refractivity contribution in [1.29, 1.82) is 0 Å². The minimum Gasteiger partial charge on any atom is -0.497 e. The number of methoxy groups -OCH3 is 2. The van der Waals surface area contributed by atoms with Crippen LogP contribution in [0.2, 0.25) is 10.0 Å². The molecule has 0 atom stereocenters. The molecule has 2 aromatic carbocycles. The number of anilines is 1. The zero-order valence-electron chi connectivity index (χ0n) is 13.3. The van der Waals surface area contributed by atoms with Crippen LogP contribution < -0.4 is 20.1 Å². The zero-order chi connectivity index (χ0) is 17.7. The third-order valence-corrected chi connectivity index (χ3v) is 5.07. The smallest absolute Gasteiger partial charge is 0.318 e. The highest BCUT2D eigenvalue weighted by Gasteiger charge is 2.14. The molecule has 0 radical (unpaired) electrons. The number of rotatable bonds is 5. The van der Waals surface area contributed by atoms with Gasteiger partial charge in [0.05, 0.1) is 29.2 Å². The fraction of sp³-hybridized carbons (Fsp3) is 0.188. The summed E-state index contributed by atoms with van der Waals surface area (Å²) in [6.45, 7) is 0. The summed E-state index contributed by atoms with van der Waals surface area (Å²) in [6.07, 6.45) is 0. The minimum atomic E-state index is -0.350. The van der Waals surface area contributed by atoms with E-state index in [9.17, 15) is 4.79 Å². The second kappa shape index (κ2) is 8.37. The van der Waals surface area contributed by atoms with Crippen LogP contribution in [0.4, 0.5) is 10.5 Å². The molecule has 0 aliphatic rings. The lowest BCUT2D eigenvalue weighted by atomic mass is 10.3. The van der Waals surface area contributed by atoms with E-state index in [-0.39, 0.29) is 6.03 Å². The second-order valence-electron chi connectivity index (χ2n) is 4.59. The third kappa shape index (κ3) is 4.41. The topological polar surface area (TPSA) is 59.6 Å². The Morgan fingerprint density at radius 3 is 2.29 bits per heavy atom. The van der Waals surface area contributed by atoms with Gasteiger partial charge in [0.1, 0.15) is 11.5 Å². The highest BCUT2D eigenvalue weighted by atomic mass is 35.5. The number of carbonyl (C=O) groups excluding carboxylic acids is 1. The molecule has 2 aromatic rings. The molecule has 0 aliphatic heterocycles. The SMILES string of the molecule is CNC(=O)Nc1cc(Cl)c(Sc2cc(OC)ccc2OC)c(Cl)c1. The van der Waals surface area contributed by atoms with Crippen molar-refractivity contribution in [1.82, 2.24) is 5.32 Å². The van der Waals surface area contributed by atoms with Crippen molar-refractivity contribution in [2.45, 2.75) is 9.79 Å². The Morgan fingerprint density at radius 2 is 1.75 bits per heavy atom. The lowest BCUT2D eigenvalue weighted by Gasteiger charge is -2.13. The maximum Gasteiger partial charge on any atom is 0.318 e. The van der Waals surface area contributed by atoms with Crippen LogP contribution in [0.15, 0.2) is 40.1 Å². The van der Waals surface area contributed by atoms with Gasteiger partial charge in [-0.25, -0.2) is 4.79 Å². The summed E-state index contributed by atoms with van der Waals surface area (Å²) in [5.41, 5.74) is 0.506. The van der Waals surface area contributed by atoms with Crippen molar-refractivity contribution in [2.75, 3.05) is 26.6 Å². The fourth-order valence-electron chi connectivity index (χ4n) is 1.90.